The van der Waals surface area contributed by atoms with Gasteiger partial charge in [-0.15, -0.1) is 11.8 Å². The van der Waals surface area contributed by atoms with E-state index in [9.17, 15) is 4.79 Å². The monoisotopic (exact) mass is 363 g/mol. The number of pyridine rings is 1. The van der Waals surface area contributed by atoms with Crippen LogP contribution in [0.3, 0.4) is 0 Å². The summed E-state index contributed by atoms with van der Waals surface area (Å²) < 4.78 is 2.24. The van der Waals surface area contributed by atoms with Crippen molar-refractivity contribution in [2.24, 2.45) is 0 Å². The molecule has 3 heterocycles. The third-order valence-corrected chi connectivity index (χ3v) is 5.50. The van der Waals surface area contributed by atoms with E-state index >= 15 is 0 Å². The maximum Gasteiger partial charge on any atom is 0.254 e. The van der Waals surface area contributed by atoms with Gasteiger partial charge in [-0.1, -0.05) is 37.3 Å². The number of amides is 1. The molecule has 1 amide bonds. The zero-order valence-electron chi connectivity index (χ0n) is 14.7. The summed E-state index contributed by atoms with van der Waals surface area (Å²) in [4.78, 5) is 19.7. The fraction of sp³-hybridized carbons (Fsp3) is 0.238. The largest absolute Gasteiger partial charge is 0.348 e. The highest BCUT2D eigenvalue weighted by Crippen LogP contribution is 2.33. The molecule has 0 spiro atoms. The van der Waals surface area contributed by atoms with Crippen LogP contribution < -0.4 is 0 Å². The topological polar surface area (TPSA) is 38.1 Å². The van der Waals surface area contributed by atoms with E-state index < -0.39 is 0 Å². The van der Waals surface area contributed by atoms with Gasteiger partial charge in [0.25, 0.3) is 5.91 Å². The molecule has 5 heteroatoms. The number of aromatic nitrogens is 2. The van der Waals surface area contributed by atoms with Crippen LogP contribution in [0.25, 0.3) is 0 Å². The van der Waals surface area contributed by atoms with Crippen molar-refractivity contribution in [3.05, 3.63) is 83.8 Å². The van der Waals surface area contributed by atoms with Crippen molar-refractivity contribution >= 4 is 17.7 Å². The molecule has 0 radical (unpaired) electrons. The molecular formula is C21H21N3OS. The first-order valence-electron chi connectivity index (χ1n) is 8.87. The zero-order chi connectivity index (χ0) is 17.9. The quantitative estimate of drug-likeness (QED) is 0.651. The van der Waals surface area contributed by atoms with Gasteiger partial charge >= 0.3 is 0 Å². The summed E-state index contributed by atoms with van der Waals surface area (Å²) in [6.07, 6.45) is 3.82. The summed E-state index contributed by atoms with van der Waals surface area (Å²) in [6, 6.07) is 18.1. The predicted octanol–water partition coefficient (Wildman–Crippen LogP) is 4.24. The van der Waals surface area contributed by atoms with Crippen molar-refractivity contribution in [2.45, 2.75) is 24.5 Å². The van der Waals surface area contributed by atoms with Crippen LogP contribution in [0.1, 0.15) is 34.6 Å². The number of carbonyl (C=O) groups excluding carboxylic acids is 1. The smallest absolute Gasteiger partial charge is 0.254 e. The SMILES string of the molecule is CCSc1cc(C(=O)N2CCn3cccc3C2c2ccccc2)ccn1. The third-order valence-electron chi connectivity index (χ3n) is 4.69. The minimum atomic E-state index is -0.0668. The molecule has 0 saturated carbocycles. The molecule has 1 aliphatic heterocycles. The number of carbonyl (C=O) groups is 1. The highest BCUT2D eigenvalue weighted by molar-refractivity contribution is 7.99. The molecule has 0 N–H and O–H groups in total. The van der Waals surface area contributed by atoms with Crippen molar-refractivity contribution < 1.29 is 4.79 Å². The van der Waals surface area contributed by atoms with Crippen molar-refractivity contribution in [3.8, 4) is 0 Å². The Morgan fingerprint density at radius 2 is 2.00 bits per heavy atom. The Labute approximate surface area is 157 Å². The van der Waals surface area contributed by atoms with Gasteiger partial charge < -0.3 is 9.47 Å². The molecule has 0 bridgehead atoms. The molecule has 132 valence electrons. The molecule has 4 nitrogen and oxygen atoms in total. The zero-order valence-corrected chi connectivity index (χ0v) is 15.5. The third kappa shape index (κ3) is 3.15. The summed E-state index contributed by atoms with van der Waals surface area (Å²) in [5.74, 6) is 1.00. The maximum atomic E-state index is 13.4. The minimum absolute atomic E-state index is 0.0617. The normalized spacial score (nSPS) is 16.3. The second kappa shape index (κ2) is 7.38. The second-order valence-electron chi connectivity index (χ2n) is 6.25. The molecule has 4 rings (SSSR count). The van der Waals surface area contributed by atoms with Gasteiger partial charge in [-0.25, -0.2) is 4.98 Å². The summed E-state index contributed by atoms with van der Waals surface area (Å²) in [5, 5.41) is 0.898. The lowest BCUT2D eigenvalue weighted by molar-refractivity contribution is 0.0663. The highest BCUT2D eigenvalue weighted by atomic mass is 32.2. The first-order chi connectivity index (χ1) is 12.8. The van der Waals surface area contributed by atoms with E-state index in [2.05, 4.69) is 46.9 Å². The van der Waals surface area contributed by atoms with Gasteiger partial charge in [0.15, 0.2) is 0 Å². The van der Waals surface area contributed by atoms with Gasteiger partial charge in [0, 0.05) is 36.7 Å². The van der Waals surface area contributed by atoms with Crippen LogP contribution in [0.5, 0.6) is 0 Å². The molecule has 1 aliphatic rings. The summed E-state index contributed by atoms with van der Waals surface area (Å²) in [7, 11) is 0. The van der Waals surface area contributed by atoms with E-state index in [0.29, 0.717) is 12.1 Å². The Bertz CT molecular complexity index is 906. The molecular weight excluding hydrogens is 342 g/mol. The highest BCUT2D eigenvalue weighted by Gasteiger charge is 2.32. The number of nitrogens with zero attached hydrogens (tertiary/aromatic N) is 3. The predicted molar refractivity (Wildman–Crippen MR) is 104 cm³/mol. The Balaban J connectivity index is 1.72. The second-order valence-corrected chi connectivity index (χ2v) is 7.54. The van der Waals surface area contributed by atoms with Crippen LogP contribution >= 0.6 is 11.8 Å². The van der Waals surface area contributed by atoms with Crippen LogP contribution in [0.2, 0.25) is 0 Å². The van der Waals surface area contributed by atoms with Crippen LogP contribution in [-0.2, 0) is 6.54 Å². The van der Waals surface area contributed by atoms with Crippen LogP contribution in [0.4, 0.5) is 0 Å². The van der Waals surface area contributed by atoms with E-state index in [4.69, 9.17) is 0 Å². The molecule has 0 saturated heterocycles. The number of benzene rings is 1. The molecule has 1 unspecified atom stereocenters. The Hall–Kier alpha value is -2.53. The average molecular weight is 363 g/mol. The molecule has 1 atom stereocenters. The Morgan fingerprint density at radius 1 is 1.15 bits per heavy atom. The van der Waals surface area contributed by atoms with Gasteiger partial charge in [0.2, 0.25) is 0 Å². The van der Waals surface area contributed by atoms with Crippen LogP contribution in [0.15, 0.2) is 72.0 Å². The first-order valence-corrected chi connectivity index (χ1v) is 9.86. The maximum absolute atomic E-state index is 13.4. The number of hydrogen-bond donors (Lipinski definition) is 0. The average Bonchev–Trinajstić information content (AvgIpc) is 3.16. The standard InChI is InChI=1S/C21H21N3OS/c1-2-26-19-15-17(10-11-22-19)21(25)24-14-13-23-12-6-9-18(23)20(24)16-7-4-3-5-8-16/h3-12,15,20H,2,13-14H2,1H3. The summed E-state index contributed by atoms with van der Waals surface area (Å²) in [6.45, 7) is 3.60. The number of thioether (sulfide) groups is 1. The van der Waals surface area contributed by atoms with Crippen LogP contribution in [-0.4, -0.2) is 32.7 Å². The van der Waals surface area contributed by atoms with Gasteiger partial charge in [-0.2, -0.15) is 0 Å². The van der Waals surface area contributed by atoms with Gasteiger partial charge in [-0.05, 0) is 35.6 Å². The van der Waals surface area contributed by atoms with E-state index in [0.717, 1.165) is 28.6 Å². The van der Waals surface area contributed by atoms with Crippen molar-refractivity contribution in [1.29, 1.82) is 0 Å². The number of rotatable bonds is 4. The molecule has 3 aromatic rings. The van der Waals surface area contributed by atoms with E-state index in [1.807, 2.05) is 35.2 Å². The molecule has 0 aliphatic carbocycles. The van der Waals surface area contributed by atoms with E-state index in [1.165, 1.54) is 0 Å². The molecule has 26 heavy (non-hydrogen) atoms. The lowest BCUT2D eigenvalue weighted by Gasteiger charge is -2.37. The van der Waals surface area contributed by atoms with Crippen LogP contribution in [0, 0.1) is 0 Å². The lowest BCUT2D eigenvalue weighted by atomic mass is 9.99. The van der Waals surface area contributed by atoms with E-state index in [-0.39, 0.29) is 11.9 Å². The van der Waals surface area contributed by atoms with Gasteiger partial charge in [0.05, 0.1) is 11.1 Å². The fourth-order valence-corrected chi connectivity index (χ4v) is 4.16. The fourth-order valence-electron chi connectivity index (χ4n) is 3.52. The summed E-state index contributed by atoms with van der Waals surface area (Å²) >= 11 is 1.65. The Kier molecular flexibility index (Phi) is 4.80. The first kappa shape index (κ1) is 16.9. The van der Waals surface area contributed by atoms with E-state index in [1.54, 1.807) is 18.0 Å². The van der Waals surface area contributed by atoms with Crippen molar-refractivity contribution in [1.82, 2.24) is 14.5 Å². The Morgan fingerprint density at radius 3 is 2.81 bits per heavy atom. The number of fused-ring (bicyclic) bond motifs is 1. The molecule has 1 aromatic carbocycles. The lowest BCUT2D eigenvalue weighted by Crippen LogP contribution is -2.42. The minimum Gasteiger partial charge on any atom is -0.348 e. The molecule has 2 aromatic heterocycles. The number of hydrogen-bond acceptors (Lipinski definition) is 3. The van der Waals surface area contributed by atoms with Gasteiger partial charge in [0.1, 0.15) is 0 Å². The van der Waals surface area contributed by atoms with Crippen molar-refractivity contribution in [3.63, 3.8) is 0 Å². The summed E-state index contributed by atoms with van der Waals surface area (Å²) in [5.41, 5.74) is 3.00. The van der Waals surface area contributed by atoms with Gasteiger partial charge in [-0.3, -0.25) is 4.79 Å². The molecule has 0 fully saturated rings. The van der Waals surface area contributed by atoms with Crippen molar-refractivity contribution in [2.75, 3.05) is 12.3 Å².